The molecule has 2 aliphatic rings. The molecule has 2 amide bonds. The predicted molar refractivity (Wildman–Crippen MR) is 115 cm³/mol. The number of amides is 2. The first-order valence-corrected chi connectivity index (χ1v) is 10.6. The first kappa shape index (κ1) is 19.4. The Bertz CT molecular complexity index is 887. The number of likely N-dealkylation sites (tertiary alicyclic amines) is 1. The van der Waals surface area contributed by atoms with E-state index in [-0.39, 0.29) is 11.8 Å². The highest BCUT2D eigenvalue weighted by Gasteiger charge is 2.26. The van der Waals surface area contributed by atoms with E-state index in [4.69, 9.17) is 0 Å². The average molecular weight is 389 g/mol. The van der Waals surface area contributed by atoms with E-state index in [1.807, 2.05) is 47.4 Å². The van der Waals surface area contributed by atoms with Crippen molar-refractivity contribution in [2.45, 2.75) is 32.1 Å². The highest BCUT2D eigenvalue weighted by atomic mass is 16.2. The summed E-state index contributed by atoms with van der Waals surface area (Å²) in [6.45, 7) is 2.19. The maximum atomic E-state index is 12.6. The molecule has 1 heterocycles. The first-order valence-electron chi connectivity index (χ1n) is 10.6. The minimum Gasteiger partial charge on any atom is -0.352 e. The molecule has 0 unspecified atom stereocenters. The van der Waals surface area contributed by atoms with Crippen molar-refractivity contribution in [2.75, 3.05) is 19.6 Å². The van der Waals surface area contributed by atoms with Gasteiger partial charge in [0.25, 0.3) is 5.91 Å². The van der Waals surface area contributed by atoms with Crippen LogP contribution >= 0.6 is 0 Å². The van der Waals surface area contributed by atoms with Crippen molar-refractivity contribution in [3.8, 4) is 11.1 Å². The number of nitrogens with zero attached hydrogens (tertiary/aromatic N) is 1. The summed E-state index contributed by atoms with van der Waals surface area (Å²) in [6.07, 6.45) is 7.18. The molecule has 1 N–H and O–H groups in total. The molecule has 1 saturated heterocycles. The second-order valence-corrected chi connectivity index (χ2v) is 8.03. The van der Waals surface area contributed by atoms with Crippen LogP contribution in [0.3, 0.4) is 0 Å². The van der Waals surface area contributed by atoms with Gasteiger partial charge in [-0.2, -0.15) is 0 Å². The number of carbonyl (C=O) groups is 2. The molecule has 1 aliphatic carbocycles. The number of hydrogen-bond donors (Lipinski definition) is 1. The van der Waals surface area contributed by atoms with E-state index < -0.39 is 0 Å². The monoisotopic (exact) mass is 388 g/mol. The highest BCUT2D eigenvalue weighted by Crippen LogP contribution is 2.24. The fraction of sp³-hybridized carbons (Fsp3) is 0.360. The van der Waals surface area contributed by atoms with Gasteiger partial charge in [-0.25, -0.2) is 0 Å². The Morgan fingerprint density at radius 3 is 2.45 bits per heavy atom. The van der Waals surface area contributed by atoms with E-state index in [2.05, 4.69) is 23.5 Å². The van der Waals surface area contributed by atoms with Gasteiger partial charge in [-0.05, 0) is 61.3 Å². The number of piperidine rings is 1. The number of nitrogens with one attached hydrogen (secondary N) is 1. The summed E-state index contributed by atoms with van der Waals surface area (Å²) in [7, 11) is 0. The van der Waals surface area contributed by atoms with Crippen LogP contribution < -0.4 is 5.32 Å². The molecule has 4 nitrogen and oxygen atoms in total. The van der Waals surface area contributed by atoms with Gasteiger partial charge in [-0.1, -0.05) is 48.5 Å². The third-order valence-corrected chi connectivity index (χ3v) is 5.93. The first-order chi connectivity index (χ1) is 14.2. The molecule has 0 aromatic heterocycles. The molecule has 2 aromatic carbocycles. The lowest BCUT2D eigenvalue weighted by molar-refractivity contribution is -0.128. The SMILES string of the molecule is O=C(NC[C@@H]1CCCN(C(=O)C2=CCCC2)C1)c1ccc(-c2ccccc2)cc1. The fourth-order valence-electron chi connectivity index (χ4n) is 4.27. The third kappa shape index (κ3) is 4.76. The molecule has 2 aromatic rings. The van der Waals surface area contributed by atoms with Crippen LogP contribution in [0.15, 0.2) is 66.2 Å². The average Bonchev–Trinajstić information content (AvgIpc) is 3.33. The van der Waals surface area contributed by atoms with E-state index in [1.165, 1.54) is 0 Å². The molecular weight excluding hydrogens is 360 g/mol. The van der Waals surface area contributed by atoms with E-state index in [9.17, 15) is 9.59 Å². The largest absolute Gasteiger partial charge is 0.352 e. The molecule has 0 bridgehead atoms. The van der Waals surface area contributed by atoms with Gasteiger partial charge in [0.05, 0.1) is 0 Å². The standard InChI is InChI=1S/C25H28N2O2/c28-24(22-14-12-21(13-15-22)20-8-2-1-3-9-20)26-17-19-7-6-16-27(18-19)25(29)23-10-4-5-11-23/h1-3,8-10,12-15,19H,4-7,11,16-18H2,(H,26,28)/t19-/m0/s1. The molecular formula is C25H28N2O2. The van der Waals surface area contributed by atoms with Gasteiger partial charge in [-0.3, -0.25) is 9.59 Å². The maximum absolute atomic E-state index is 12.6. The smallest absolute Gasteiger partial charge is 0.251 e. The summed E-state index contributed by atoms with van der Waals surface area (Å²) in [6, 6.07) is 17.9. The molecule has 4 heteroatoms. The van der Waals surface area contributed by atoms with Crippen molar-refractivity contribution in [3.05, 3.63) is 71.8 Å². The van der Waals surface area contributed by atoms with Gasteiger partial charge in [0.2, 0.25) is 5.91 Å². The zero-order valence-corrected chi connectivity index (χ0v) is 16.8. The zero-order chi connectivity index (χ0) is 20.1. The van der Waals surface area contributed by atoms with Crippen LogP contribution in [0.4, 0.5) is 0 Å². The Morgan fingerprint density at radius 2 is 1.72 bits per heavy atom. The van der Waals surface area contributed by atoms with Crippen LogP contribution in [0.5, 0.6) is 0 Å². The number of benzene rings is 2. The van der Waals surface area contributed by atoms with Gasteiger partial charge in [0, 0.05) is 30.8 Å². The molecule has 4 rings (SSSR count). The Morgan fingerprint density at radius 1 is 0.966 bits per heavy atom. The Labute approximate surface area is 172 Å². The van der Waals surface area contributed by atoms with Crippen molar-refractivity contribution < 1.29 is 9.59 Å². The van der Waals surface area contributed by atoms with Crippen LogP contribution in [0.1, 0.15) is 42.5 Å². The number of carbonyl (C=O) groups excluding carboxylic acids is 2. The van der Waals surface area contributed by atoms with Crippen molar-refractivity contribution in [2.24, 2.45) is 5.92 Å². The summed E-state index contributed by atoms with van der Waals surface area (Å²) in [4.78, 5) is 27.2. The van der Waals surface area contributed by atoms with E-state index in [0.29, 0.717) is 18.0 Å². The topological polar surface area (TPSA) is 49.4 Å². The van der Waals surface area contributed by atoms with Crippen LogP contribution in [0.25, 0.3) is 11.1 Å². The van der Waals surface area contributed by atoms with Crippen LogP contribution in [0.2, 0.25) is 0 Å². The molecule has 1 atom stereocenters. The highest BCUT2D eigenvalue weighted by molar-refractivity contribution is 5.95. The normalized spacial score (nSPS) is 19.0. The molecule has 150 valence electrons. The number of hydrogen-bond acceptors (Lipinski definition) is 2. The summed E-state index contributed by atoms with van der Waals surface area (Å²) in [5, 5.41) is 3.07. The number of rotatable bonds is 5. The summed E-state index contributed by atoms with van der Waals surface area (Å²) in [5.74, 6) is 0.476. The minimum atomic E-state index is -0.0495. The quantitative estimate of drug-likeness (QED) is 0.824. The van der Waals surface area contributed by atoms with Crippen LogP contribution in [0, 0.1) is 5.92 Å². The molecule has 1 fully saturated rings. The third-order valence-electron chi connectivity index (χ3n) is 5.93. The van der Waals surface area contributed by atoms with E-state index >= 15 is 0 Å². The Kier molecular flexibility index (Phi) is 6.09. The van der Waals surface area contributed by atoms with Crippen molar-refractivity contribution in [1.29, 1.82) is 0 Å². The molecule has 29 heavy (non-hydrogen) atoms. The minimum absolute atomic E-state index is 0.0495. The Balaban J connectivity index is 1.30. The van der Waals surface area contributed by atoms with Crippen molar-refractivity contribution in [1.82, 2.24) is 10.2 Å². The van der Waals surface area contributed by atoms with Crippen molar-refractivity contribution >= 4 is 11.8 Å². The van der Waals surface area contributed by atoms with Gasteiger partial charge in [0.15, 0.2) is 0 Å². The fourth-order valence-corrected chi connectivity index (χ4v) is 4.27. The number of allylic oxidation sites excluding steroid dienone is 1. The summed E-state index contributed by atoms with van der Waals surface area (Å²) in [5.41, 5.74) is 3.89. The Hall–Kier alpha value is -2.88. The van der Waals surface area contributed by atoms with Gasteiger partial charge >= 0.3 is 0 Å². The van der Waals surface area contributed by atoms with Crippen molar-refractivity contribution in [3.63, 3.8) is 0 Å². The molecule has 0 saturated carbocycles. The molecule has 1 aliphatic heterocycles. The summed E-state index contributed by atoms with van der Waals surface area (Å²) >= 11 is 0. The maximum Gasteiger partial charge on any atom is 0.251 e. The van der Waals surface area contributed by atoms with E-state index in [0.717, 1.165) is 61.9 Å². The van der Waals surface area contributed by atoms with Crippen LogP contribution in [-0.4, -0.2) is 36.3 Å². The lowest BCUT2D eigenvalue weighted by Gasteiger charge is -2.33. The summed E-state index contributed by atoms with van der Waals surface area (Å²) < 4.78 is 0. The van der Waals surface area contributed by atoms with Crippen LogP contribution in [-0.2, 0) is 4.79 Å². The molecule has 0 spiro atoms. The van der Waals surface area contributed by atoms with Gasteiger partial charge in [0.1, 0.15) is 0 Å². The van der Waals surface area contributed by atoms with Gasteiger partial charge in [-0.15, -0.1) is 0 Å². The van der Waals surface area contributed by atoms with Gasteiger partial charge < -0.3 is 10.2 Å². The predicted octanol–water partition coefficient (Wildman–Crippen LogP) is 4.43. The second kappa shape index (κ2) is 9.08. The lowest BCUT2D eigenvalue weighted by atomic mass is 9.97. The zero-order valence-electron chi connectivity index (χ0n) is 16.8. The second-order valence-electron chi connectivity index (χ2n) is 8.03. The lowest BCUT2D eigenvalue weighted by Crippen LogP contribution is -2.44. The molecule has 0 radical (unpaired) electrons. The van der Waals surface area contributed by atoms with E-state index in [1.54, 1.807) is 0 Å².